The van der Waals surface area contributed by atoms with Crippen LogP contribution in [-0.2, 0) is 0 Å². The second-order valence-corrected chi connectivity index (χ2v) is 2.18. The van der Waals surface area contributed by atoms with E-state index in [-0.39, 0.29) is 0 Å². The van der Waals surface area contributed by atoms with Gasteiger partial charge in [-0.25, -0.2) is 0 Å². The van der Waals surface area contributed by atoms with Gasteiger partial charge in [0.1, 0.15) is 0 Å². The summed E-state index contributed by atoms with van der Waals surface area (Å²) in [6.45, 7) is 0. The minimum Gasteiger partial charge on any atom is -0.340 e. The SMILES string of the molecule is Nn1cc2cccnc2c1. The Balaban J connectivity index is 2.88. The molecule has 0 spiro atoms. The van der Waals surface area contributed by atoms with Crippen molar-refractivity contribution in [3.05, 3.63) is 30.7 Å². The average molecular weight is 133 g/mol. The molecular formula is C7H7N3. The summed E-state index contributed by atoms with van der Waals surface area (Å²) >= 11 is 0. The van der Waals surface area contributed by atoms with Crippen molar-refractivity contribution in [3.8, 4) is 0 Å². The predicted octanol–water partition coefficient (Wildman–Crippen LogP) is 0.750. The van der Waals surface area contributed by atoms with Crippen LogP contribution >= 0.6 is 0 Å². The Labute approximate surface area is 58.1 Å². The molecule has 3 heteroatoms. The first-order valence-electron chi connectivity index (χ1n) is 3.04. The number of pyridine rings is 1. The van der Waals surface area contributed by atoms with E-state index in [0.29, 0.717) is 0 Å². The maximum Gasteiger partial charge on any atom is 0.0899 e. The number of aromatic nitrogens is 2. The Hall–Kier alpha value is -1.51. The summed E-state index contributed by atoms with van der Waals surface area (Å²) in [5.74, 6) is 5.47. The van der Waals surface area contributed by atoms with Crippen LogP contribution in [0.15, 0.2) is 30.7 Å². The van der Waals surface area contributed by atoms with Crippen LogP contribution in [0.1, 0.15) is 0 Å². The molecule has 0 aliphatic heterocycles. The largest absolute Gasteiger partial charge is 0.340 e. The quantitative estimate of drug-likeness (QED) is 0.539. The molecule has 0 aromatic carbocycles. The van der Waals surface area contributed by atoms with E-state index < -0.39 is 0 Å². The van der Waals surface area contributed by atoms with E-state index >= 15 is 0 Å². The van der Waals surface area contributed by atoms with Crippen LogP contribution in [-0.4, -0.2) is 9.66 Å². The average Bonchev–Trinajstić information content (AvgIpc) is 2.27. The van der Waals surface area contributed by atoms with Crippen LogP contribution in [0.5, 0.6) is 0 Å². The van der Waals surface area contributed by atoms with Gasteiger partial charge in [0.15, 0.2) is 0 Å². The lowest BCUT2D eigenvalue weighted by molar-refractivity contribution is 1.02. The first-order chi connectivity index (χ1) is 4.86. The van der Waals surface area contributed by atoms with Crippen molar-refractivity contribution < 1.29 is 0 Å². The van der Waals surface area contributed by atoms with E-state index in [1.807, 2.05) is 18.3 Å². The third-order valence-electron chi connectivity index (χ3n) is 1.43. The lowest BCUT2D eigenvalue weighted by Gasteiger charge is -1.81. The fourth-order valence-electron chi connectivity index (χ4n) is 0.986. The van der Waals surface area contributed by atoms with Gasteiger partial charge in [-0.1, -0.05) is 0 Å². The van der Waals surface area contributed by atoms with Gasteiger partial charge in [-0.05, 0) is 12.1 Å². The molecule has 2 heterocycles. The molecule has 0 amide bonds. The van der Waals surface area contributed by atoms with Crippen LogP contribution in [0.3, 0.4) is 0 Å². The van der Waals surface area contributed by atoms with E-state index in [1.165, 1.54) is 4.68 Å². The molecule has 10 heavy (non-hydrogen) atoms. The minimum atomic E-state index is 0.935. The molecular weight excluding hydrogens is 126 g/mol. The van der Waals surface area contributed by atoms with Crippen molar-refractivity contribution in [1.29, 1.82) is 0 Å². The Morgan fingerprint density at radius 2 is 2.30 bits per heavy atom. The highest BCUT2D eigenvalue weighted by molar-refractivity contribution is 5.77. The van der Waals surface area contributed by atoms with Crippen LogP contribution in [0, 0.1) is 0 Å². The molecule has 0 saturated carbocycles. The molecule has 2 N–H and O–H groups in total. The van der Waals surface area contributed by atoms with Gasteiger partial charge in [-0.3, -0.25) is 9.66 Å². The van der Waals surface area contributed by atoms with E-state index in [4.69, 9.17) is 5.84 Å². The van der Waals surface area contributed by atoms with Crippen molar-refractivity contribution >= 4 is 10.9 Å². The summed E-state index contributed by atoms with van der Waals surface area (Å²) in [6, 6.07) is 3.87. The molecule has 2 aromatic rings. The Bertz CT molecular complexity index is 317. The zero-order valence-corrected chi connectivity index (χ0v) is 5.36. The summed E-state index contributed by atoms with van der Waals surface area (Å²) < 4.78 is 1.51. The number of nitrogens with zero attached hydrogens (tertiary/aromatic N) is 2. The highest BCUT2D eigenvalue weighted by atomic mass is 15.3. The number of rotatable bonds is 0. The van der Waals surface area contributed by atoms with Gasteiger partial charge in [0.2, 0.25) is 0 Å². The zero-order chi connectivity index (χ0) is 6.97. The van der Waals surface area contributed by atoms with Crippen molar-refractivity contribution in [2.75, 3.05) is 5.84 Å². The second-order valence-electron chi connectivity index (χ2n) is 2.18. The van der Waals surface area contributed by atoms with Crippen LogP contribution in [0.4, 0.5) is 0 Å². The standard InChI is InChI=1S/C7H7N3/c8-10-4-6-2-1-3-9-7(6)5-10/h1-5H,8H2. The van der Waals surface area contributed by atoms with Crippen LogP contribution in [0.25, 0.3) is 10.9 Å². The maximum absolute atomic E-state index is 5.47. The van der Waals surface area contributed by atoms with Gasteiger partial charge >= 0.3 is 0 Å². The van der Waals surface area contributed by atoms with Crippen molar-refractivity contribution in [1.82, 2.24) is 9.66 Å². The molecule has 0 saturated heterocycles. The van der Waals surface area contributed by atoms with Gasteiger partial charge in [-0.2, -0.15) is 0 Å². The van der Waals surface area contributed by atoms with Gasteiger partial charge in [0.25, 0.3) is 0 Å². The molecule has 50 valence electrons. The maximum atomic E-state index is 5.47. The molecule has 0 aliphatic rings. The van der Waals surface area contributed by atoms with Gasteiger partial charge in [0, 0.05) is 17.8 Å². The highest BCUT2D eigenvalue weighted by Gasteiger charge is 1.93. The predicted molar refractivity (Wildman–Crippen MR) is 39.9 cm³/mol. The number of fused-ring (bicyclic) bond motifs is 1. The summed E-state index contributed by atoms with van der Waals surface area (Å²) in [5.41, 5.74) is 0.935. The molecule has 0 bridgehead atoms. The topological polar surface area (TPSA) is 43.8 Å². The molecule has 2 aromatic heterocycles. The lowest BCUT2D eigenvalue weighted by atomic mass is 10.3. The van der Waals surface area contributed by atoms with E-state index in [2.05, 4.69) is 4.98 Å². The van der Waals surface area contributed by atoms with Crippen molar-refractivity contribution in [3.63, 3.8) is 0 Å². The highest BCUT2D eigenvalue weighted by Crippen LogP contribution is 2.08. The normalized spacial score (nSPS) is 10.4. The van der Waals surface area contributed by atoms with E-state index in [0.717, 1.165) is 10.9 Å². The first-order valence-corrected chi connectivity index (χ1v) is 3.04. The minimum absolute atomic E-state index is 0.935. The smallest absolute Gasteiger partial charge is 0.0899 e. The number of hydrogen-bond donors (Lipinski definition) is 1. The fourth-order valence-corrected chi connectivity index (χ4v) is 0.986. The van der Waals surface area contributed by atoms with Crippen LogP contribution in [0.2, 0.25) is 0 Å². The first kappa shape index (κ1) is 5.29. The number of nitrogen functional groups attached to an aromatic ring is 1. The van der Waals surface area contributed by atoms with Crippen molar-refractivity contribution in [2.45, 2.75) is 0 Å². The monoisotopic (exact) mass is 133 g/mol. The molecule has 3 nitrogen and oxygen atoms in total. The number of hydrogen-bond acceptors (Lipinski definition) is 2. The Morgan fingerprint density at radius 1 is 1.40 bits per heavy atom. The molecule has 0 fully saturated rings. The summed E-state index contributed by atoms with van der Waals surface area (Å²) in [4.78, 5) is 4.10. The molecule has 2 rings (SSSR count). The van der Waals surface area contributed by atoms with Crippen molar-refractivity contribution in [2.24, 2.45) is 0 Å². The lowest BCUT2D eigenvalue weighted by Crippen LogP contribution is -2.02. The molecule has 0 aliphatic carbocycles. The van der Waals surface area contributed by atoms with E-state index in [9.17, 15) is 0 Å². The van der Waals surface area contributed by atoms with E-state index in [1.54, 1.807) is 12.4 Å². The van der Waals surface area contributed by atoms with Gasteiger partial charge in [0.05, 0.1) is 11.7 Å². The zero-order valence-electron chi connectivity index (χ0n) is 5.36. The molecule has 0 radical (unpaired) electrons. The third-order valence-corrected chi connectivity index (χ3v) is 1.43. The third kappa shape index (κ3) is 0.639. The Kier molecular flexibility index (Phi) is 0.917. The fraction of sp³-hybridized carbons (Fsp3) is 0. The van der Waals surface area contributed by atoms with Gasteiger partial charge in [-0.15, -0.1) is 0 Å². The molecule has 0 atom stereocenters. The summed E-state index contributed by atoms with van der Waals surface area (Å²) in [5, 5.41) is 1.07. The summed E-state index contributed by atoms with van der Waals surface area (Å²) in [7, 11) is 0. The summed E-state index contributed by atoms with van der Waals surface area (Å²) in [6.07, 6.45) is 5.38. The van der Waals surface area contributed by atoms with Crippen LogP contribution < -0.4 is 5.84 Å². The Morgan fingerprint density at radius 3 is 3.10 bits per heavy atom. The van der Waals surface area contributed by atoms with Gasteiger partial charge < -0.3 is 5.84 Å². The number of nitrogens with two attached hydrogens (primary N) is 1. The molecule has 0 unspecified atom stereocenters. The second kappa shape index (κ2) is 1.73.